The molecule has 2 aromatic carbocycles. The zero-order valence-corrected chi connectivity index (χ0v) is 9.59. The maximum atomic E-state index is 12.4. The SMILES string of the molecule is Nc1cccc(C(=O)c2coc3ccccc23)c1. The van der Waals surface area contributed by atoms with Crippen molar-refractivity contribution in [1.82, 2.24) is 0 Å². The Morgan fingerprint density at radius 2 is 1.89 bits per heavy atom. The number of rotatable bonds is 2. The molecule has 88 valence electrons. The van der Waals surface area contributed by atoms with E-state index in [2.05, 4.69) is 0 Å². The Morgan fingerprint density at radius 1 is 1.06 bits per heavy atom. The van der Waals surface area contributed by atoms with Crippen LogP contribution in [0.1, 0.15) is 15.9 Å². The number of anilines is 1. The molecule has 18 heavy (non-hydrogen) atoms. The minimum absolute atomic E-state index is 0.0766. The Bertz CT molecular complexity index is 728. The molecule has 3 nitrogen and oxygen atoms in total. The molecule has 0 aliphatic heterocycles. The van der Waals surface area contributed by atoms with Crippen molar-refractivity contribution >= 4 is 22.4 Å². The fraction of sp³-hybridized carbons (Fsp3) is 0. The first-order valence-electron chi connectivity index (χ1n) is 5.62. The maximum absolute atomic E-state index is 12.4. The highest BCUT2D eigenvalue weighted by Gasteiger charge is 2.15. The van der Waals surface area contributed by atoms with Crippen molar-refractivity contribution in [1.29, 1.82) is 0 Å². The Kier molecular flexibility index (Phi) is 2.38. The zero-order chi connectivity index (χ0) is 12.5. The summed E-state index contributed by atoms with van der Waals surface area (Å²) in [6, 6.07) is 14.4. The standard InChI is InChI=1S/C15H11NO2/c16-11-5-3-4-10(8-11)15(17)13-9-18-14-7-2-1-6-12(13)14/h1-9H,16H2. The quantitative estimate of drug-likeness (QED) is 0.549. The Balaban J connectivity index is 2.12. The van der Waals surface area contributed by atoms with E-state index < -0.39 is 0 Å². The molecule has 3 heteroatoms. The topological polar surface area (TPSA) is 56.2 Å². The molecule has 3 rings (SSSR count). The molecule has 0 atom stereocenters. The van der Waals surface area contributed by atoms with Crippen LogP contribution in [0.5, 0.6) is 0 Å². The van der Waals surface area contributed by atoms with Crippen LogP contribution in [0.4, 0.5) is 5.69 Å². The highest BCUT2D eigenvalue weighted by molar-refractivity contribution is 6.16. The van der Waals surface area contributed by atoms with Gasteiger partial charge in [-0.3, -0.25) is 4.79 Å². The van der Waals surface area contributed by atoms with Crippen molar-refractivity contribution in [2.24, 2.45) is 0 Å². The second-order valence-corrected chi connectivity index (χ2v) is 4.10. The van der Waals surface area contributed by atoms with Crippen LogP contribution in [-0.2, 0) is 0 Å². The number of nitrogens with two attached hydrogens (primary N) is 1. The summed E-state index contributed by atoms with van der Waals surface area (Å²) in [7, 11) is 0. The lowest BCUT2D eigenvalue weighted by molar-refractivity contribution is 0.103. The average molecular weight is 237 g/mol. The molecule has 1 aromatic heterocycles. The van der Waals surface area contributed by atoms with Gasteiger partial charge in [-0.15, -0.1) is 0 Å². The highest BCUT2D eigenvalue weighted by Crippen LogP contribution is 2.23. The van der Waals surface area contributed by atoms with Crippen LogP contribution in [0, 0.1) is 0 Å². The number of carbonyl (C=O) groups excluding carboxylic acids is 1. The molecule has 0 aliphatic rings. The number of ketones is 1. The van der Waals surface area contributed by atoms with Gasteiger partial charge in [0.1, 0.15) is 11.8 Å². The fourth-order valence-corrected chi connectivity index (χ4v) is 1.99. The van der Waals surface area contributed by atoms with Gasteiger partial charge in [-0.1, -0.05) is 30.3 Å². The van der Waals surface area contributed by atoms with Gasteiger partial charge in [-0.25, -0.2) is 0 Å². The van der Waals surface area contributed by atoms with E-state index in [9.17, 15) is 4.79 Å². The summed E-state index contributed by atoms with van der Waals surface area (Å²) in [5.74, 6) is -0.0766. The number of para-hydroxylation sites is 1. The summed E-state index contributed by atoms with van der Waals surface area (Å²) in [4.78, 5) is 12.4. The van der Waals surface area contributed by atoms with Crippen molar-refractivity contribution in [2.75, 3.05) is 5.73 Å². The van der Waals surface area contributed by atoms with Crippen molar-refractivity contribution in [3.8, 4) is 0 Å². The van der Waals surface area contributed by atoms with Crippen LogP contribution in [0.2, 0.25) is 0 Å². The number of nitrogen functional groups attached to an aromatic ring is 1. The Labute approximate surface area is 104 Å². The Hall–Kier alpha value is -2.55. The first kappa shape index (κ1) is 10.6. The average Bonchev–Trinajstić information content (AvgIpc) is 2.82. The molecule has 0 radical (unpaired) electrons. The summed E-state index contributed by atoms with van der Waals surface area (Å²) < 4.78 is 5.37. The smallest absolute Gasteiger partial charge is 0.196 e. The van der Waals surface area contributed by atoms with Crippen molar-refractivity contribution < 1.29 is 9.21 Å². The summed E-state index contributed by atoms with van der Waals surface area (Å²) in [6.45, 7) is 0. The number of carbonyl (C=O) groups is 1. The van der Waals surface area contributed by atoms with Crippen LogP contribution >= 0.6 is 0 Å². The lowest BCUT2D eigenvalue weighted by Crippen LogP contribution is -2.01. The van der Waals surface area contributed by atoms with Gasteiger partial charge in [0.25, 0.3) is 0 Å². The fourth-order valence-electron chi connectivity index (χ4n) is 1.99. The second kappa shape index (κ2) is 4.04. The molecule has 0 aliphatic carbocycles. The van der Waals surface area contributed by atoms with Crippen LogP contribution < -0.4 is 5.73 Å². The van der Waals surface area contributed by atoms with Crippen molar-refractivity contribution in [3.05, 3.63) is 65.9 Å². The molecule has 1 heterocycles. The number of benzene rings is 2. The molecule has 3 aromatic rings. The third-order valence-corrected chi connectivity index (χ3v) is 2.87. The van der Waals surface area contributed by atoms with E-state index in [0.717, 1.165) is 5.39 Å². The van der Waals surface area contributed by atoms with Crippen LogP contribution in [0.15, 0.2) is 59.2 Å². The predicted octanol–water partition coefficient (Wildman–Crippen LogP) is 3.25. The molecule has 0 unspecified atom stereocenters. The summed E-state index contributed by atoms with van der Waals surface area (Å²) in [5, 5.41) is 0.824. The molecule has 0 fully saturated rings. The lowest BCUT2D eigenvalue weighted by Gasteiger charge is -2.00. The molecule has 0 saturated carbocycles. The van der Waals surface area contributed by atoms with Crippen LogP contribution in [0.3, 0.4) is 0 Å². The molecule has 0 amide bonds. The van der Waals surface area contributed by atoms with E-state index >= 15 is 0 Å². The monoisotopic (exact) mass is 237 g/mol. The van der Waals surface area contributed by atoms with Gasteiger partial charge in [0.2, 0.25) is 0 Å². The van der Waals surface area contributed by atoms with E-state index in [1.54, 1.807) is 24.3 Å². The van der Waals surface area contributed by atoms with Crippen molar-refractivity contribution in [3.63, 3.8) is 0 Å². The summed E-state index contributed by atoms with van der Waals surface area (Å²) in [5.41, 5.74) is 8.11. The van der Waals surface area contributed by atoms with Gasteiger partial charge < -0.3 is 10.2 Å². The number of furan rings is 1. The van der Waals surface area contributed by atoms with Gasteiger partial charge in [0.15, 0.2) is 5.78 Å². The van der Waals surface area contributed by atoms with E-state index in [4.69, 9.17) is 10.2 Å². The van der Waals surface area contributed by atoms with Gasteiger partial charge in [-0.2, -0.15) is 0 Å². The van der Waals surface area contributed by atoms with Crippen molar-refractivity contribution in [2.45, 2.75) is 0 Å². The van der Waals surface area contributed by atoms with E-state index in [1.165, 1.54) is 6.26 Å². The van der Waals surface area contributed by atoms with Gasteiger partial charge in [0.05, 0.1) is 5.56 Å². The minimum atomic E-state index is -0.0766. The molecule has 0 saturated heterocycles. The van der Waals surface area contributed by atoms with Gasteiger partial charge in [-0.05, 0) is 18.2 Å². The predicted molar refractivity (Wildman–Crippen MR) is 70.5 cm³/mol. The van der Waals surface area contributed by atoms with Crippen LogP contribution in [0.25, 0.3) is 11.0 Å². The highest BCUT2D eigenvalue weighted by atomic mass is 16.3. The Morgan fingerprint density at radius 3 is 2.72 bits per heavy atom. The zero-order valence-electron chi connectivity index (χ0n) is 9.59. The molecular weight excluding hydrogens is 226 g/mol. The first-order chi connectivity index (χ1) is 8.75. The third-order valence-electron chi connectivity index (χ3n) is 2.87. The first-order valence-corrected chi connectivity index (χ1v) is 5.62. The molecule has 2 N–H and O–H groups in total. The maximum Gasteiger partial charge on any atom is 0.196 e. The number of hydrogen-bond acceptors (Lipinski definition) is 3. The van der Waals surface area contributed by atoms with Gasteiger partial charge >= 0.3 is 0 Å². The minimum Gasteiger partial charge on any atom is -0.464 e. The van der Waals surface area contributed by atoms with Crippen LogP contribution in [-0.4, -0.2) is 5.78 Å². The summed E-state index contributed by atoms with van der Waals surface area (Å²) in [6.07, 6.45) is 1.50. The number of fused-ring (bicyclic) bond motifs is 1. The van der Waals surface area contributed by atoms with E-state index in [0.29, 0.717) is 22.4 Å². The normalized spacial score (nSPS) is 10.7. The molecule has 0 bridgehead atoms. The molecular formula is C15H11NO2. The van der Waals surface area contributed by atoms with E-state index in [-0.39, 0.29) is 5.78 Å². The lowest BCUT2D eigenvalue weighted by atomic mass is 10.0. The largest absolute Gasteiger partial charge is 0.464 e. The molecule has 0 spiro atoms. The third kappa shape index (κ3) is 1.66. The van der Waals surface area contributed by atoms with Gasteiger partial charge in [0, 0.05) is 16.6 Å². The van der Waals surface area contributed by atoms with E-state index in [1.807, 2.05) is 24.3 Å². The summed E-state index contributed by atoms with van der Waals surface area (Å²) >= 11 is 0. The second-order valence-electron chi connectivity index (χ2n) is 4.10. The number of hydrogen-bond donors (Lipinski definition) is 1.